The van der Waals surface area contributed by atoms with E-state index in [9.17, 15) is 4.79 Å². The van der Waals surface area contributed by atoms with E-state index in [4.69, 9.17) is 9.84 Å². The molecule has 2 unspecified atom stereocenters. The molecule has 2 fully saturated rings. The molecule has 1 heterocycles. The maximum atomic E-state index is 10.5. The van der Waals surface area contributed by atoms with Crippen molar-refractivity contribution in [3.63, 3.8) is 0 Å². The van der Waals surface area contributed by atoms with E-state index in [-0.39, 0.29) is 17.9 Å². The Bertz CT molecular complexity index is 189. The van der Waals surface area contributed by atoms with Gasteiger partial charge in [0, 0.05) is 19.0 Å². The first kappa shape index (κ1) is 8.01. The fourth-order valence-electron chi connectivity index (χ4n) is 1.77. The van der Waals surface area contributed by atoms with Gasteiger partial charge < -0.3 is 15.2 Å². The molecule has 3 atom stereocenters. The molecule has 1 aliphatic carbocycles. The monoisotopic (exact) mass is 171 g/mol. The lowest BCUT2D eigenvalue weighted by atomic mass is 10.1. The minimum absolute atomic E-state index is 0.139. The summed E-state index contributed by atoms with van der Waals surface area (Å²) in [5.74, 6) is -0.556. The minimum atomic E-state index is -0.672. The van der Waals surface area contributed by atoms with Crippen molar-refractivity contribution in [3.8, 4) is 0 Å². The van der Waals surface area contributed by atoms with Crippen LogP contribution in [0.5, 0.6) is 0 Å². The average molecular weight is 171 g/mol. The average Bonchev–Trinajstić information content (AvgIpc) is 2.84. The van der Waals surface area contributed by atoms with Crippen LogP contribution in [0.4, 0.5) is 0 Å². The number of nitrogens with one attached hydrogen (secondary N) is 1. The number of ether oxygens (including phenoxy) is 1. The van der Waals surface area contributed by atoms with Crippen LogP contribution in [0.1, 0.15) is 6.42 Å². The molecule has 0 aromatic heterocycles. The highest BCUT2D eigenvalue weighted by atomic mass is 16.5. The van der Waals surface area contributed by atoms with Crippen LogP contribution in [0.15, 0.2) is 0 Å². The van der Waals surface area contributed by atoms with Crippen LogP contribution in [0.25, 0.3) is 0 Å². The highest BCUT2D eigenvalue weighted by Crippen LogP contribution is 2.42. The Kier molecular flexibility index (Phi) is 2.02. The zero-order valence-electron chi connectivity index (χ0n) is 6.82. The zero-order chi connectivity index (χ0) is 8.55. The Morgan fingerprint density at radius 1 is 1.58 bits per heavy atom. The number of carbonyl (C=O) groups is 1. The molecule has 0 radical (unpaired) electrons. The van der Waals surface area contributed by atoms with Gasteiger partial charge in [0.05, 0.1) is 18.6 Å². The van der Waals surface area contributed by atoms with Crippen molar-refractivity contribution in [1.82, 2.24) is 5.32 Å². The van der Waals surface area contributed by atoms with Crippen molar-refractivity contribution < 1.29 is 14.6 Å². The molecule has 4 nitrogen and oxygen atoms in total. The van der Waals surface area contributed by atoms with Gasteiger partial charge in [-0.1, -0.05) is 0 Å². The summed E-state index contributed by atoms with van der Waals surface area (Å²) in [7, 11) is 0. The van der Waals surface area contributed by atoms with Gasteiger partial charge in [-0.25, -0.2) is 0 Å². The van der Waals surface area contributed by atoms with E-state index in [2.05, 4.69) is 5.32 Å². The van der Waals surface area contributed by atoms with Gasteiger partial charge in [0.25, 0.3) is 0 Å². The molecule has 68 valence electrons. The Balaban J connectivity index is 1.83. The lowest BCUT2D eigenvalue weighted by Gasteiger charge is -2.23. The van der Waals surface area contributed by atoms with Gasteiger partial charge in [-0.2, -0.15) is 0 Å². The van der Waals surface area contributed by atoms with Crippen LogP contribution < -0.4 is 5.32 Å². The van der Waals surface area contributed by atoms with Gasteiger partial charge in [-0.3, -0.25) is 4.79 Å². The highest BCUT2D eigenvalue weighted by molar-refractivity contribution is 5.73. The molecule has 0 aromatic carbocycles. The number of carboxylic acids is 1. The first-order valence-corrected chi connectivity index (χ1v) is 4.34. The summed E-state index contributed by atoms with van der Waals surface area (Å²) in [5, 5.41) is 11.9. The summed E-state index contributed by atoms with van der Waals surface area (Å²) >= 11 is 0. The maximum absolute atomic E-state index is 10.5. The molecule has 0 aromatic rings. The predicted molar refractivity (Wildman–Crippen MR) is 41.8 cm³/mol. The lowest BCUT2D eigenvalue weighted by molar-refractivity contribution is -0.139. The molecule has 1 saturated carbocycles. The Labute approximate surface area is 70.9 Å². The van der Waals surface area contributed by atoms with Gasteiger partial charge in [-0.05, 0) is 6.42 Å². The van der Waals surface area contributed by atoms with Crippen LogP contribution in [-0.4, -0.2) is 36.9 Å². The summed E-state index contributed by atoms with van der Waals surface area (Å²) < 4.78 is 5.46. The number of morpholine rings is 1. The van der Waals surface area contributed by atoms with E-state index in [1.807, 2.05) is 0 Å². The van der Waals surface area contributed by atoms with Crippen LogP contribution in [-0.2, 0) is 9.53 Å². The van der Waals surface area contributed by atoms with E-state index in [1.54, 1.807) is 0 Å². The summed E-state index contributed by atoms with van der Waals surface area (Å²) in [6.45, 7) is 2.42. The normalized spacial score (nSPS) is 40.8. The van der Waals surface area contributed by atoms with E-state index in [1.165, 1.54) is 0 Å². The molecule has 0 bridgehead atoms. The third-order valence-corrected chi connectivity index (χ3v) is 2.59. The van der Waals surface area contributed by atoms with E-state index >= 15 is 0 Å². The van der Waals surface area contributed by atoms with Crippen molar-refractivity contribution in [2.24, 2.45) is 11.8 Å². The molecule has 2 aliphatic rings. The second kappa shape index (κ2) is 3.03. The molecule has 0 spiro atoms. The number of hydrogen-bond acceptors (Lipinski definition) is 3. The number of hydrogen-bond donors (Lipinski definition) is 2. The summed E-state index contributed by atoms with van der Waals surface area (Å²) in [6.07, 6.45) is 0.932. The third kappa shape index (κ3) is 1.44. The van der Waals surface area contributed by atoms with Gasteiger partial charge in [0.15, 0.2) is 0 Å². The summed E-state index contributed by atoms with van der Waals surface area (Å²) in [4.78, 5) is 10.5. The van der Waals surface area contributed by atoms with Crippen LogP contribution in [0, 0.1) is 11.8 Å². The van der Waals surface area contributed by atoms with Crippen molar-refractivity contribution in [3.05, 3.63) is 0 Å². The Morgan fingerprint density at radius 3 is 2.92 bits per heavy atom. The highest BCUT2D eigenvalue weighted by Gasteiger charge is 2.48. The first-order chi connectivity index (χ1) is 5.79. The quantitative estimate of drug-likeness (QED) is 0.598. The Hall–Kier alpha value is -0.610. The topological polar surface area (TPSA) is 58.6 Å². The molecule has 1 aliphatic heterocycles. The third-order valence-electron chi connectivity index (χ3n) is 2.59. The number of carboxylic acid groups (broad SMARTS) is 1. The van der Waals surface area contributed by atoms with Gasteiger partial charge in [-0.15, -0.1) is 0 Å². The molecule has 12 heavy (non-hydrogen) atoms. The van der Waals surface area contributed by atoms with Gasteiger partial charge in [0.1, 0.15) is 0 Å². The summed E-state index contributed by atoms with van der Waals surface area (Å²) in [5.41, 5.74) is 0. The fraction of sp³-hybridized carbons (Fsp3) is 0.875. The SMILES string of the molecule is O=C(O)C1CC1[C@@H]1CNCCO1. The molecular weight excluding hydrogens is 158 g/mol. The summed E-state index contributed by atoms with van der Waals surface area (Å²) in [6, 6.07) is 0. The maximum Gasteiger partial charge on any atom is 0.306 e. The largest absolute Gasteiger partial charge is 0.481 e. The van der Waals surface area contributed by atoms with Crippen molar-refractivity contribution in [2.45, 2.75) is 12.5 Å². The van der Waals surface area contributed by atoms with Crippen molar-refractivity contribution in [2.75, 3.05) is 19.7 Å². The molecule has 2 N–H and O–H groups in total. The standard InChI is InChI=1S/C8H13NO3/c10-8(11)6-3-5(6)7-4-9-1-2-12-7/h5-7,9H,1-4H2,(H,10,11)/t5?,6?,7-/m0/s1. The van der Waals surface area contributed by atoms with Crippen molar-refractivity contribution in [1.29, 1.82) is 0 Å². The smallest absolute Gasteiger partial charge is 0.306 e. The Morgan fingerprint density at radius 2 is 2.42 bits per heavy atom. The van der Waals surface area contributed by atoms with E-state index in [0.29, 0.717) is 6.61 Å². The van der Waals surface area contributed by atoms with Crippen molar-refractivity contribution >= 4 is 5.97 Å². The van der Waals surface area contributed by atoms with E-state index in [0.717, 1.165) is 19.5 Å². The van der Waals surface area contributed by atoms with Gasteiger partial charge >= 0.3 is 5.97 Å². The second-order valence-electron chi connectivity index (χ2n) is 3.46. The van der Waals surface area contributed by atoms with Gasteiger partial charge in [0.2, 0.25) is 0 Å². The zero-order valence-corrected chi connectivity index (χ0v) is 6.82. The number of rotatable bonds is 2. The molecule has 0 amide bonds. The molecular formula is C8H13NO3. The second-order valence-corrected chi connectivity index (χ2v) is 3.46. The minimum Gasteiger partial charge on any atom is -0.481 e. The predicted octanol–water partition coefficient (Wildman–Crippen LogP) is -0.304. The fourth-order valence-corrected chi connectivity index (χ4v) is 1.77. The lowest BCUT2D eigenvalue weighted by Crippen LogP contribution is -2.40. The number of aliphatic carboxylic acids is 1. The van der Waals surface area contributed by atoms with Crippen LogP contribution in [0.2, 0.25) is 0 Å². The van der Waals surface area contributed by atoms with Crippen LogP contribution >= 0.6 is 0 Å². The van der Waals surface area contributed by atoms with E-state index < -0.39 is 5.97 Å². The molecule has 1 saturated heterocycles. The molecule has 2 rings (SSSR count). The first-order valence-electron chi connectivity index (χ1n) is 4.34. The van der Waals surface area contributed by atoms with Crippen LogP contribution in [0.3, 0.4) is 0 Å². The molecule has 4 heteroatoms.